The van der Waals surface area contributed by atoms with Crippen LogP contribution < -0.4 is 5.32 Å². The van der Waals surface area contributed by atoms with Crippen molar-refractivity contribution >= 4 is 13.9 Å². The molecule has 5 heteroatoms. The van der Waals surface area contributed by atoms with Crippen molar-refractivity contribution in [2.45, 2.75) is 72.8 Å². The van der Waals surface area contributed by atoms with Gasteiger partial charge in [-0.15, -0.1) is 0 Å². The maximum Gasteiger partial charge on any atom is 0.225 e. The second-order valence-corrected chi connectivity index (χ2v) is 12.4. The van der Waals surface area contributed by atoms with Gasteiger partial charge in [0.15, 0.2) is 0 Å². The molecule has 1 fully saturated rings. The van der Waals surface area contributed by atoms with Crippen LogP contribution in [0.2, 0.25) is 0 Å². The minimum absolute atomic E-state index is 0.0670. The summed E-state index contributed by atoms with van der Waals surface area (Å²) in [7, 11) is -2.86. The van der Waals surface area contributed by atoms with E-state index in [1.807, 2.05) is 26.8 Å². The highest BCUT2D eigenvalue weighted by Crippen LogP contribution is 2.62. The van der Waals surface area contributed by atoms with Gasteiger partial charge in [0.25, 0.3) is 0 Å². The molecule has 4 rings (SSSR count). The lowest BCUT2D eigenvalue weighted by Crippen LogP contribution is -2.51. The Kier molecular flexibility index (Phi) is 5.07. The summed E-state index contributed by atoms with van der Waals surface area (Å²) in [6.07, 6.45) is 14.8. The molecule has 0 spiro atoms. The van der Waals surface area contributed by atoms with E-state index in [9.17, 15) is 14.3 Å². The highest BCUT2D eigenvalue weighted by atomic mass is 31.1. The van der Waals surface area contributed by atoms with Crippen molar-refractivity contribution in [1.82, 2.24) is 5.32 Å². The quantitative estimate of drug-likeness (QED) is 0.478. The van der Waals surface area contributed by atoms with E-state index < -0.39 is 13.4 Å². The first-order chi connectivity index (χ1) is 13.5. The largest absolute Gasteiger partial charge is 0.349 e. The molecule has 4 aliphatic rings. The van der Waals surface area contributed by atoms with Crippen LogP contribution in [0.15, 0.2) is 35.2 Å². The van der Waals surface area contributed by atoms with Gasteiger partial charge >= 0.3 is 0 Å². The van der Waals surface area contributed by atoms with Crippen LogP contribution in [0.3, 0.4) is 0 Å². The van der Waals surface area contributed by atoms with Gasteiger partial charge in [-0.2, -0.15) is 0 Å². The van der Waals surface area contributed by atoms with Crippen LogP contribution in [-0.4, -0.2) is 16.8 Å². The fourth-order valence-electron chi connectivity index (χ4n) is 6.52. The molecule has 0 aromatic carbocycles. The fraction of sp³-hybridized carbons (Fsp3) is 0.708. The molecule has 0 bridgehead atoms. The van der Waals surface area contributed by atoms with Crippen molar-refractivity contribution in [2.24, 2.45) is 34.0 Å². The maximum atomic E-state index is 12.7. The van der Waals surface area contributed by atoms with Crippen LogP contribution in [0, 0.1) is 34.0 Å². The van der Waals surface area contributed by atoms with E-state index in [4.69, 9.17) is 0 Å². The number of hydrogen-bond acceptors (Lipinski definition) is 2. The van der Waals surface area contributed by atoms with Crippen molar-refractivity contribution in [3.63, 3.8) is 0 Å². The number of amides is 1. The minimum Gasteiger partial charge on any atom is -0.349 e. The van der Waals surface area contributed by atoms with Crippen molar-refractivity contribution in [3.05, 3.63) is 35.2 Å². The normalized spacial score (nSPS) is 42.1. The molecule has 0 radical (unpaired) electrons. The summed E-state index contributed by atoms with van der Waals surface area (Å²) >= 11 is 0. The topological polar surface area (TPSA) is 66.4 Å². The molecule has 0 heterocycles. The number of hydrogen-bond donors (Lipinski definition) is 2. The Morgan fingerprint density at radius 1 is 1.31 bits per heavy atom. The summed E-state index contributed by atoms with van der Waals surface area (Å²) in [6, 6.07) is -0.371. The Labute approximate surface area is 175 Å². The number of carbonyl (C=O) groups is 1. The molecule has 29 heavy (non-hydrogen) atoms. The first kappa shape index (κ1) is 21.1. The molecule has 0 aromatic heterocycles. The number of carbonyl (C=O) groups excluding carboxylic acids is 1. The molecule has 0 aromatic rings. The van der Waals surface area contributed by atoms with Gasteiger partial charge in [0, 0.05) is 16.1 Å². The molecule has 0 aliphatic heterocycles. The number of allylic oxidation sites excluding steroid dienone is 5. The van der Waals surface area contributed by atoms with Gasteiger partial charge in [0.1, 0.15) is 0 Å². The van der Waals surface area contributed by atoms with Crippen LogP contribution in [0.4, 0.5) is 0 Å². The van der Waals surface area contributed by atoms with Crippen molar-refractivity contribution in [1.29, 1.82) is 0 Å². The highest BCUT2D eigenvalue weighted by molar-refractivity contribution is 7.43. The van der Waals surface area contributed by atoms with Crippen LogP contribution in [-0.2, 0) is 9.36 Å². The Bertz CT molecular complexity index is 836. The van der Waals surface area contributed by atoms with Crippen molar-refractivity contribution in [2.75, 3.05) is 0 Å². The van der Waals surface area contributed by atoms with E-state index in [2.05, 4.69) is 37.4 Å². The van der Waals surface area contributed by atoms with Crippen LogP contribution >= 0.6 is 8.03 Å². The smallest absolute Gasteiger partial charge is 0.225 e. The maximum absolute atomic E-state index is 12.7. The summed E-state index contributed by atoms with van der Waals surface area (Å²) in [6.45, 7) is 10.4. The zero-order valence-corrected chi connectivity index (χ0v) is 19.4. The Morgan fingerprint density at radius 3 is 2.69 bits per heavy atom. The van der Waals surface area contributed by atoms with E-state index in [1.54, 1.807) is 0 Å². The van der Waals surface area contributed by atoms with Gasteiger partial charge in [0.05, 0.1) is 6.04 Å². The van der Waals surface area contributed by atoms with Gasteiger partial charge in [-0.1, -0.05) is 59.3 Å². The summed E-state index contributed by atoms with van der Waals surface area (Å²) in [5, 5.41) is 3.60. The molecular weight excluding hydrogens is 381 g/mol. The molecule has 2 N–H and O–H groups in total. The lowest BCUT2D eigenvalue weighted by molar-refractivity contribution is -0.129. The van der Waals surface area contributed by atoms with E-state index in [1.165, 1.54) is 24.8 Å². The number of rotatable bonds is 2. The first-order valence-electron chi connectivity index (χ1n) is 11.1. The average Bonchev–Trinajstić information content (AvgIpc) is 3.01. The monoisotopic (exact) mass is 417 g/mol. The molecule has 1 saturated carbocycles. The van der Waals surface area contributed by atoms with Gasteiger partial charge in [-0.05, 0) is 60.5 Å². The number of fused-ring (bicyclic) bond motifs is 5. The lowest BCUT2D eigenvalue weighted by Gasteiger charge is -2.54. The second kappa shape index (κ2) is 6.95. The molecular formula is C24H36NO3P. The van der Waals surface area contributed by atoms with E-state index in [0.29, 0.717) is 29.0 Å². The van der Waals surface area contributed by atoms with Gasteiger partial charge in [-0.3, -0.25) is 9.36 Å². The van der Waals surface area contributed by atoms with E-state index >= 15 is 0 Å². The van der Waals surface area contributed by atoms with Gasteiger partial charge in [-0.25, -0.2) is 0 Å². The average molecular weight is 418 g/mol. The minimum atomic E-state index is -2.86. The molecule has 0 saturated heterocycles. The van der Waals surface area contributed by atoms with Gasteiger partial charge < -0.3 is 10.2 Å². The van der Waals surface area contributed by atoms with Gasteiger partial charge in [0.2, 0.25) is 13.9 Å². The highest BCUT2D eigenvalue weighted by Gasteiger charge is 2.54. The summed E-state index contributed by atoms with van der Waals surface area (Å²) in [5.41, 5.74) is 0.877. The van der Waals surface area contributed by atoms with Crippen LogP contribution in [0.1, 0.15) is 66.7 Å². The zero-order valence-electron chi connectivity index (χ0n) is 18.4. The summed E-state index contributed by atoms with van der Waals surface area (Å²) < 4.78 is 12.2. The molecule has 7 atom stereocenters. The molecule has 4 aliphatic carbocycles. The fourth-order valence-corrected chi connectivity index (χ4v) is 7.27. The zero-order chi connectivity index (χ0) is 21.2. The van der Waals surface area contributed by atoms with Crippen molar-refractivity contribution < 1.29 is 14.3 Å². The lowest BCUT2D eigenvalue weighted by atomic mass is 9.51. The predicted octanol–water partition coefficient (Wildman–Crippen LogP) is 5.22. The Hall–Kier alpha value is -1.12. The molecule has 4 nitrogen and oxygen atoms in total. The third kappa shape index (κ3) is 3.41. The van der Waals surface area contributed by atoms with Crippen LogP contribution in [0.25, 0.3) is 0 Å². The molecule has 160 valence electrons. The van der Waals surface area contributed by atoms with Crippen molar-refractivity contribution in [3.8, 4) is 0 Å². The Morgan fingerprint density at radius 2 is 2.03 bits per heavy atom. The number of nitrogens with one attached hydrogen (secondary N) is 1. The molecule has 5 unspecified atom stereocenters. The summed E-state index contributed by atoms with van der Waals surface area (Å²) in [4.78, 5) is 22.7. The third-order valence-corrected chi connectivity index (χ3v) is 9.28. The second-order valence-electron chi connectivity index (χ2n) is 11.3. The Balaban J connectivity index is 1.71. The SMILES string of the molecule is CC(C)(C)C(=O)NC1C[C@@]2(C)C(=CCC3C2C=C[C@]2(C)CCCC32)C=C1[PH](=O)O. The molecule has 1 amide bonds. The standard InChI is InChI=1S/C24H36NO3P/c1-22(2,3)21(26)25-19-14-24(5)15(13-20(19)29(27)28)8-9-16-17-7-6-11-23(17,4)12-10-18(16)24/h8,10,12-13,16-19,29H,6-7,9,11,14H2,1-5H3,(H,25,26)(H,27,28)/t16?,17?,18?,19?,23-,24-/m0/s1. The van der Waals surface area contributed by atoms with E-state index in [-0.39, 0.29) is 17.4 Å². The van der Waals surface area contributed by atoms with E-state index in [0.717, 1.165) is 12.3 Å². The third-order valence-electron chi connectivity index (χ3n) is 8.29. The van der Waals surface area contributed by atoms with Crippen LogP contribution in [0.5, 0.6) is 0 Å². The predicted molar refractivity (Wildman–Crippen MR) is 118 cm³/mol. The summed E-state index contributed by atoms with van der Waals surface area (Å²) in [5.74, 6) is 1.70. The first-order valence-corrected chi connectivity index (χ1v) is 12.5.